The number of rotatable bonds is 2. The first-order chi connectivity index (χ1) is 10.1. The molecule has 1 aromatic rings. The second-order valence-corrected chi connectivity index (χ2v) is 6.50. The zero-order valence-electron chi connectivity index (χ0n) is 12.3. The molecule has 0 atom stereocenters. The molecule has 2 fully saturated rings. The van der Waals surface area contributed by atoms with Crippen LogP contribution in [0.2, 0.25) is 5.02 Å². The fraction of sp³-hybridized carbons (Fsp3) is 0.562. The fourth-order valence-electron chi connectivity index (χ4n) is 3.42. The summed E-state index contributed by atoms with van der Waals surface area (Å²) < 4.78 is 5.29. The summed E-state index contributed by atoms with van der Waals surface area (Å²) in [5, 5.41) is 4.01. The molecule has 1 aromatic carbocycles. The Labute approximate surface area is 130 Å². The molecule has 114 valence electrons. The van der Waals surface area contributed by atoms with Gasteiger partial charge >= 0.3 is 0 Å². The van der Waals surface area contributed by atoms with E-state index in [9.17, 15) is 4.79 Å². The van der Waals surface area contributed by atoms with Crippen molar-refractivity contribution in [2.24, 2.45) is 5.41 Å². The average Bonchev–Trinajstić information content (AvgIpc) is 2.95. The van der Waals surface area contributed by atoms with Gasteiger partial charge in [0, 0.05) is 24.7 Å². The minimum atomic E-state index is 0.0233. The summed E-state index contributed by atoms with van der Waals surface area (Å²) in [6.07, 6.45) is 3.39. The van der Waals surface area contributed by atoms with Crippen molar-refractivity contribution < 1.29 is 9.53 Å². The summed E-state index contributed by atoms with van der Waals surface area (Å²) in [7, 11) is 1.58. The van der Waals surface area contributed by atoms with Gasteiger partial charge in [-0.15, -0.1) is 0 Å². The minimum Gasteiger partial charge on any atom is -0.496 e. The Hall–Kier alpha value is -1.26. The third kappa shape index (κ3) is 2.87. The molecule has 21 heavy (non-hydrogen) atoms. The number of methoxy groups -OCH3 is 1. The molecule has 3 rings (SSSR count). The largest absolute Gasteiger partial charge is 0.496 e. The molecule has 2 aliphatic heterocycles. The third-order valence-electron chi connectivity index (χ3n) is 4.84. The zero-order chi connectivity index (χ0) is 14.9. The van der Waals surface area contributed by atoms with Gasteiger partial charge in [-0.3, -0.25) is 4.79 Å². The number of amides is 1. The number of nitrogens with zero attached hydrogens (tertiary/aromatic N) is 1. The lowest BCUT2D eigenvalue weighted by molar-refractivity contribution is 0.0604. The van der Waals surface area contributed by atoms with Crippen LogP contribution in [0.4, 0.5) is 0 Å². The number of piperidine rings is 1. The summed E-state index contributed by atoms with van der Waals surface area (Å²) in [4.78, 5) is 14.6. The number of nitrogens with one attached hydrogen (secondary N) is 1. The summed E-state index contributed by atoms with van der Waals surface area (Å²) in [6, 6.07) is 5.19. The van der Waals surface area contributed by atoms with E-state index in [1.54, 1.807) is 25.3 Å². The fourth-order valence-corrected chi connectivity index (χ4v) is 3.60. The summed E-state index contributed by atoms with van der Waals surface area (Å²) in [6.45, 7) is 3.83. The maximum atomic E-state index is 12.7. The van der Waals surface area contributed by atoms with Crippen LogP contribution >= 0.6 is 11.6 Å². The molecular weight excluding hydrogens is 288 g/mol. The maximum absolute atomic E-state index is 12.7. The number of benzene rings is 1. The van der Waals surface area contributed by atoms with E-state index >= 15 is 0 Å². The van der Waals surface area contributed by atoms with E-state index in [0.717, 1.165) is 39.0 Å². The van der Waals surface area contributed by atoms with Crippen LogP contribution in [0.15, 0.2) is 18.2 Å². The molecule has 2 aliphatic rings. The molecule has 0 radical (unpaired) electrons. The SMILES string of the molecule is COc1ccc(Cl)cc1C(=O)N1CCC2(CCNC2)CC1. The predicted octanol–water partition coefficient (Wildman–Crippen LogP) is 2.56. The highest BCUT2D eigenvalue weighted by atomic mass is 35.5. The van der Waals surface area contributed by atoms with Gasteiger partial charge in [-0.2, -0.15) is 0 Å². The molecule has 4 nitrogen and oxygen atoms in total. The van der Waals surface area contributed by atoms with E-state index in [1.165, 1.54) is 6.42 Å². The van der Waals surface area contributed by atoms with Gasteiger partial charge in [-0.05, 0) is 49.4 Å². The molecule has 1 N–H and O–H groups in total. The monoisotopic (exact) mass is 308 g/mol. The second-order valence-electron chi connectivity index (χ2n) is 6.06. The van der Waals surface area contributed by atoms with Crippen molar-refractivity contribution in [3.63, 3.8) is 0 Å². The number of likely N-dealkylation sites (tertiary alicyclic amines) is 1. The molecule has 0 unspecified atom stereocenters. The summed E-state index contributed by atoms with van der Waals surface area (Å²) >= 11 is 6.02. The lowest BCUT2D eigenvalue weighted by Crippen LogP contribution is -2.44. The Bertz CT molecular complexity index is 531. The van der Waals surface area contributed by atoms with Crippen molar-refractivity contribution >= 4 is 17.5 Å². The molecule has 0 saturated carbocycles. The van der Waals surface area contributed by atoms with Crippen LogP contribution in [-0.4, -0.2) is 44.1 Å². The van der Waals surface area contributed by atoms with Crippen molar-refractivity contribution in [1.29, 1.82) is 0 Å². The van der Waals surface area contributed by atoms with Crippen molar-refractivity contribution in [2.45, 2.75) is 19.3 Å². The van der Waals surface area contributed by atoms with Crippen LogP contribution in [0.25, 0.3) is 0 Å². The van der Waals surface area contributed by atoms with E-state index in [-0.39, 0.29) is 5.91 Å². The lowest BCUT2D eigenvalue weighted by atomic mass is 9.78. The van der Waals surface area contributed by atoms with Gasteiger partial charge in [0.1, 0.15) is 5.75 Å². The van der Waals surface area contributed by atoms with Crippen LogP contribution < -0.4 is 10.1 Å². The van der Waals surface area contributed by atoms with E-state index < -0.39 is 0 Å². The number of halogens is 1. The van der Waals surface area contributed by atoms with Gasteiger partial charge in [0.25, 0.3) is 5.91 Å². The normalized spacial score (nSPS) is 20.8. The summed E-state index contributed by atoms with van der Waals surface area (Å²) in [5.74, 6) is 0.613. The van der Waals surface area contributed by atoms with Crippen molar-refractivity contribution in [3.05, 3.63) is 28.8 Å². The topological polar surface area (TPSA) is 41.6 Å². The molecule has 2 saturated heterocycles. The molecule has 1 amide bonds. The van der Waals surface area contributed by atoms with Gasteiger partial charge < -0.3 is 15.0 Å². The Balaban J connectivity index is 1.73. The molecule has 0 aliphatic carbocycles. The minimum absolute atomic E-state index is 0.0233. The number of ether oxygens (including phenoxy) is 1. The first-order valence-corrected chi connectivity index (χ1v) is 7.85. The van der Waals surface area contributed by atoms with E-state index in [4.69, 9.17) is 16.3 Å². The lowest BCUT2D eigenvalue weighted by Gasteiger charge is -2.39. The molecule has 2 heterocycles. The zero-order valence-corrected chi connectivity index (χ0v) is 13.1. The van der Waals surface area contributed by atoms with Crippen LogP contribution in [0.3, 0.4) is 0 Å². The van der Waals surface area contributed by atoms with Crippen molar-refractivity contribution in [2.75, 3.05) is 33.3 Å². The number of carbonyl (C=O) groups is 1. The second kappa shape index (κ2) is 5.85. The molecule has 5 heteroatoms. The maximum Gasteiger partial charge on any atom is 0.257 e. The predicted molar refractivity (Wildman–Crippen MR) is 83.1 cm³/mol. The smallest absolute Gasteiger partial charge is 0.257 e. The van der Waals surface area contributed by atoms with Crippen LogP contribution in [0.1, 0.15) is 29.6 Å². The van der Waals surface area contributed by atoms with Crippen molar-refractivity contribution in [1.82, 2.24) is 10.2 Å². The number of hydrogen-bond donors (Lipinski definition) is 1. The Morgan fingerprint density at radius 2 is 2.10 bits per heavy atom. The highest BCUT2D eigenvalue weighted by molar-refractivity contribution is 6.31. The molecule has 1 spiro atoms. The number of hydrogen-bond acceptors (Lipinski definition) is 3. The molecule has 0 aromatic heterocycles. The van der Waals surface area contributed by atoms with E-state index in [1.807, 2.05) is 4.90 Å². The van der Waals surface area contributed by atoms with Crippen molar-refractivity contribution in [3.8, 4) is 5.75 Å². The van der Waals surface area contributed by atoms with E-state index in [0.29, 0.717) is 21.8 Å². The Kier molecular flexibility index (Phi) is 4.09. The van der Waals surface area contributed by atoms with Crippen LogP contribution in [0, 0.1) is 5.41 Å². The van der Waals surface area contributed by atoms with Gasteiger partial charge in [0.05, 0.1) is 12.7 Å². The first-order valence-electron chi connectivity index (χ1n) is 7.47. The highest BCUT2D eigenvalue weighted by Crippen LogP contribution is 2.37. The third-order valence-corrected chi connectivity index (χ3v) is 5.07. The van der Waals surface area contributed by atoms with Gasteiger partial charge in [0.15, 0.2) is 0 Å². The average molecular weight is 309 g/mol. The quantitative estimate of drug-likeness (QED) is 0.913. The molecular formula is C16H21ClN2O2. The van der Waals surface area contributed by atoms with Gasteiger partial charge in [0.2, 0.25) is 0 Å². The van der Waals surface area contributed by atoms with Crippen LogP contribution in [0.5, 0.6) is 5.75 Å². The Morgan fingerprint density at radius 3 is 2.71 bits per heavy atom. The Morgan fingerprint density at radius 1 is 1.33 bits per heavy atom. The highest BCUT2D eigenvalue weighted by Gasteiger charge is 2.38. The van der Waals surface area contributed by atoms with E-state index in [2.05, 4.69) is 5.32 Å². The van der Waals surface area contributed by atoms with Gasteiger partial charge in [-0.1, -0.05) is 11.6 Å². The van der Waals surface area contributed by atoms with Gasteiger partial charge in [-0.25, -0.2) is 0 Å². The summed E-state index contributed by atoms with van der Waals surface area (Å²) in [5.41, 5.74) is 0.973. The van der Waals surface area contributed by atoms with Crippen LogP contribution in [-0.2, 0) is 0 Å². The molecule has 0 bridgehead atoms. The standard InChI is InChI=1S/C16H21ClN2O2/c1-21-14-3-2-12(17)10-13(14)15(20)19-8-5-16(6-9-19)4-7-18-11-16/h2-3,10,18H,4-9,11H2,1H3. The number of carbonyl (C=O) groups excluding carboxylic acids is 1. The first kappa shape index (κ1) is 14.7.